The van der Waals surface area contributed by atoms with Crippen LogP contribution >= 0.6 is 11.8 Å². The first kappa shape index (κ1) is 16.0. The second-order valence-electron chi connectivity index (χ2n) is 4.52. The van der Waals surface area contributed by atoms with Crippen LogP contribution in [0.2, 0.25) is 0 Å². The fourth-order valence-electron chi connectivity index (χ4n) is 1.77. The molecule has 3 amide bonds. The Morgan fingerprint density at radius 1 is 1.23 bits per heavy atom. The summed E-state index contributed by atoms with van der Waals surface area (Å²) in [6.45, 7) is 2.50. The Bertz CT molecular complexity index is 657. The Balaban J connectivity index is 2.00. The van der Waals surface area contributed by atoms with Gasteiger partial charge >= 0.3 is 6.03 Å². The van der Waals surface area contributed by atoms with Crippen LogP contribution in [-0.2, 0) is 11.3 Å². The molecule has 116 valence electrons. The van der Waals surface area contributed by atoms with E-state index in [4.69, 9.17) is 0 Å². The highest BCUT2D eigenvalue weighted by Gasteiger charge is 2.13. The van der Waals surface area contributed by atoms with Crippen LogP contribution in [0.1, 0.15) is 11.4 Å². The molecule has 0 saturated carbocycles. The minimum absolute atomic E-state index is 0.0976. The highest BCUT2D eigenvalue weighted by molar-refractivity contribution is 7.99. The molecule has 0 aliphatic rings. The van der Waals surface area contributed by atoms with E-state index >= 15 is 0 Å². The predicted molar refractivity (Wildman–Crippen MR) is 83.6 cm³/mol. The van der Waals surface area contributed by atoms with Crippen molar-refractivity contribution in [2.45, 2.75) is 18.6 Å². The third kappa shape index (κ3) is 4.32. The summed E-state index contributed by atoms with van der Waals surface area (Å²) in [7, 11) is 1.45. The van der Waals surface area contributed by atoms with E-state index in [0.29, 0.717) is 11.7 Å². The van der Waals surface area contributed by atoms with Gasteiger partial charge in [0.25, 0.3) is 0 Å². The number of carbonyl (C=O) groups is 2. The molecule has 0 atom stereocenters. The molecule has 7 nitrogen and oxygen atoms in total. The zero-order valence-electron chi connectivity index (χ0n) is 12.4. The molecule has 0 aliphatic heterocycles. The van der Waals surface area contributed by atoms with Crippen molar-refractivity contribution in [3.8, 4) is 0 Å². The Kier molecular flexibility index (Phi) is 5.54. The van der Waals surface area contributed by atoms with Crippen LogP contribution in [0.3, 0.4) is 0 Å². The van der Waals surface area contributed by atoms with E-state index in [0.717, 1.165) is 11.4 Å². The first-order chi connectivity index (χ1) is 10.6. The Morgan fingerprint density at radius 3 is 2.64 bits per heavy atom. The van der Waals surface area contributed by atoms with Gasteiger partial charge < -0.3 is 9.88 Å². The summed E-state index contributed by atoms with van der Waals surface area (Å²) in [6, 6.07) is 9.42. The maximum Gasteiger partial charge on any atom is 0.321 e. The smallest absolute Gasteiger partial charge is 0.321 e. The lowest BCUT2D eigenvalue weighted by Crippen LogP contribution is -2.38. The summed E-state index contributed by atoms with van der Waals surface area (Å²) in [4.78, 5) is 22.7. The van der Waals surface area contributed by atoms with Crippen molar-refractivity contribution in [1.29, 1.82) is 0 Å². The van der Waals surface area contributed by atoms with Crippen molar-refractivity contribution in [1.82, 2.24) is 25.4 Å². The Morgan fingerprint density at radius 2 is 1.95 bits per heavy atom. The predicted octanol–water partition coefficient (Wildman–Crippen LogP) is 1.18. The summed E-state index contributed by atoms with van der Waals surface area (Å²) < 4.78 is 1.94. The van der Waals surface area contributed by atoms with Gasteiger partial charge in [0.1, 0.15) is 5.82 Å². The molecule has 8 heteroatoms. The van der Waals surface area contributed by atoms with E-state index in [9.17, 15) is 9.59 Å². The van der Waals surface area contributed by atoms with E-state index in [1.54, 1.807) is 0 Å². The van der Waals surface area contributed by atoms with Gasteiger partial charge in [-0.2, -0.15) is 0 Å². The van der Waals surface area contributed by atoms with E-state index in [-0.39, 0.29) is 11.7 Å². The molecule has 0 bridgehead atoms. The topological polar surface area (TPSA) is 88.9 Å². The van der Waals surface area contributed by atoms with Crippen molar-refractivity contribution in [3.63, 3.8) is 0 Å². The first-order valence-corrected chi connectivity index (χ1v) is 7.67. The van der Waals surface area contributed by atoms with E-state index in [1.807, 2.05) is 41.8 Å². The molecule has 0 aliphatic carbocycles. The van der Waals surface area contributed by atoms with E-state index < -0.39 is 6.03 Å². The summed E-state index contributed by atoms with van der Waals surface area (Å²) in [6.07, 6.45) is 0. The van der Waals surface area contributed by atoms with Gasteiger partial charge in [-0.25, -0.2) is 4.79 Å². The highest BCUT2D eigenvalue weighted by atomic mass is 32.2. The SMILES string of the molecule is CNC(=O)NC(=O)CSc1nnc(C)n1Cc1ccccc1. The summed E-state index contributed by atoms with van der Waals surface area (Å²) >= 11 is 1.25. The van der Waals surface area contributed by atoms with Gasteiger partial charge in [-0.3, -0.25) is 10.1 Å². The highest BCUT2D eigenvalue weighted by Crippen LogP contribution is 2.18. The van der Waals surface area contributed by atoms with E-state index in [2.05, 4.69) is 20.8 Å². The molecule has 2 aromatic rings. The van der Waals surface area contributed by atoms with Crippen LogP contribution in [0.4, 0.5) is 4.79 Å². The average Bonchev–Trinajstić information content (AvgIpc) is 2.87. The lowest BCUT2D eigenvalue weighted by atomic mass is 10.2. The Hall–Kier alpha value is -2.35. The monoisotopic (exact) mass is 319 g/mol. The number of rotatable bonds is 5. The van der Waals surface area contributed by atoms with Gasteiger partial charge in [0, 0.05) is 7.05 Å². The number of amides is 3. The molecular weight excluding hydrogens is 302 g/mol. The zero-order chi connectivity index (χ0) is 15.9. The molecule has 1 heterocycles. The van der Waals surface area contributed by atoms with Crippen molar-refractivity contribution >= 4 is 23.7 Å². The average molecular weight is 319 g/mol. The number of imide groups is 1. The molecule has 1 aromatic heterocycles. The second kappa shape index (κ2) is 7.60. The molecule has 2 N–H and O–H groups in total. The second-order valence-corrected chi connectivity index (χ2v) is 5.46. The van der Waals surface area contributed by atoms with Crippen LogP contribution < -0.4 is 10.6 Å². The summed E-state index contributed by atoms with van der Waals surface area (Å²) in [5.41, 5.74) is 1.13. The zero-order valence-corrected chi connectivity index (χ0v) is 13.2. The van der Waals surface area contributed by atoms with Crippen molar-refractivity contribution in [2.75, 3.05) is 12.8 Å². The van der Waals surface area contributed by atoms with Crippen LogP contribution in [0.25, 0.3) is 0 Å². The largest absolute Gasteiger partial charge is 0.341 e. The van der Waals surface area contributed by atoms with Crippen molar-refractivity contribution in [3.05, 3.63) is 41.7 Å². The number of benzene rings is 1. The van der Waals surface area contributed by atoms with Gasteiger partial charge in [-0.1, -0.05) is 42.1 Å². The van der Waals surface area contributed by atoms with Crippen LogP contribution in [0.5, 0.6) is 0 Å². The lowest BCUT2D eigenvalue weighted by Gasteiger charge is -2.08. The lowest BCUT2D eigenvalue weighted by molar-refractivity contribution is -0.117. The maximum atomic E-state index is 11.6. The van der Waals surface area contributed by atoms with Gasteiger partial charge in [-0.15, -0.1) is 10.2 Å². The summed E-state index contributed by atoms with van der Waals surface area (Å²) in [5.74, 6) is 0.495. The van der Waals surface area contributed by atoms with Gasteiger partial charge in [-0.05, 0) is 12.5 Å². The minimum Gasteiger partial charge on any atom is -0.341 e. The molecule has 1 aromatic carbocycles. The van der Waals surface area contributed by atoms with Crippen LogP contribution in [-0.4, -0.2) is 39.5 Å². The van der Waals surface area contributed by atoms with Gasteiger partial charge in [0.2, 0.25) is 5.91 Å². The molecule has 0 saturated heterocycles. The molecule has 0 fully saturated rings. The number of nitrogens with zero attached hydrogens (tertiary/aromatic N) is 3. The van der Waals surface area contributed by atoms with E-state index in [1.165, 1.54) is 18.8 Å². The molecule has 0 radical (unpaired) electrons. The van der Waals surface area contributed by atoms with Gasteiger partial charge in [0.05, 0.1) is 12.3 Å². The number of hydrogen-bond acceptors (Lipinski definition) is 5. The third-order valence-electron chi connectivity index (χ3n) is 2.90. The van der Waals surface area contributed by atoms with Crippen LogP contribution in [0, 0.1) is 6.92 Å². The molecule has 2 rings (SSSR count). The third-order valence-corrected chi connectivity index (χ3v) is 3.86. The Labute approximate surface area is 132 Å². The van der Waals surface area contributed by atoms with Gasteiger partial charge in [0.15, 0.2) is 5.16 Å². The minimum atomic E-state index is -0.521. The quantitative estimate of drug-likeness (QED) is 0.808. The number of aromatic nitrogens is 3. The number of hydrogen-bond donors (Lipinski definition) is 2. The fourth-order valence-corrected chi connectivity index (χ4v) is 2.56. The van der Waals surface area contributed by atoms with Crippen molar-refractivity contribution < 1.29 is 9.59 Å². The standard InChI is InChI=1S/C14H17N5O2S/c1-10-17-18-14(22-9-12(20)16-13(21)15-2)19(10)8-11-6-4-3-5-7-11/h3-7H,8-9H2,1-2H3,(H2,15,16,20,21). The fraction of sp³-hybridized carbons (Fsp3) is 0.286. The number of nitrogens with one attached hydrogen (secondary N) is 2. The van der Waals surface area contributed by atoms with Crippen LogP contribution in [0.15, 0.2) is 35.5 Å². The number of urea groups is 1. The maximum absolute atomic E-state index is 11.6. The normalized spacial score (nSPS) is 10.3. The van der Waals surface area contributed by atoms with Crippen molar-refractivity contribution in [2.24, 2.45) is 0 Å². The number of thioether (sulfide) groups is 1. The molecule has 0 spiro atoms. The summed E-state index contributed by atoms with van der Waals surface area (Å²) in [5, 5.41) is 13.3. The first-order valence-electron chi connectivity index (χ1n) is 6.68. The molecular formula is C14H17N5O2S. The number of aryl methyl sites for hydroxylation is 1. The molecule has 0 unspecified atom stereocenters. The molecule has 22 heavy (non-hydrogen) atoms. The number of carbonyl (C=O) groups excluding carboxylic acids is 2.